The lowest BCUT2D eigenvalue weighted by Gasteiger charge is -2.24. The molecule has 0 radical (unpaired) electrons. The molecule has 2 N–H and O–H groups in total. The van der Waals surface area contributed by atoms with E-state index in [1.54, 1.807) is 4.90 Å². The van der Waals surface area contributed by atoms with E-state index < -0.39 is 0 Å². The largest absolute Gasteiger partial charge is 0.385 e. The van der Waals surface area contributed by atoms with Gasteiger partial charge < -0.3 is 10.6 Å². The molecule has 1 aliphatic heterocycles. The molecule has 1 fully saturated rings. The molecule has 0 saturated heterocycles. The second-order valence-corrected chi connectivity index (χ2v) is 5.33. The maximum Gasteiger partial charge on any atom is 0.346 e. The van der Waals surface area contributed by atoms with Crippen LogP contribution in [0.25, 0.3) is 0 Å². The highest BCUT2D eigenvalue weighted by molar-refractivity contribution is 9.10. The van der Waals surface area contributed by atoms with Crippen molar-refractivity contribution in [1.29, 1.82) is 0 Å². The van der Waals surface area contributed by atoms with Gasteiger partial charge in [0.15, 0.2) is 0 Å². The van der Waals surface area contributed by atoms with Crippen LogP contribution in [0.1, 0.15) is 24.4 Å². The third-order valence-electron chi connectivity index (χ3n) is 3.13. The third kappa shape index (κ3) is 1.84. The zero-order valence-electron chi connectivity index (χ0n) is 9.14. The number of nitrogens with zero attached hydrogens (tertiary/aromatic N) is 2. The van der Waals surface area contributed by atoms with E-state index >= 15 is 0 Å². The van der Waals surface area contributed by atoms with Crippen molar-refractivity contribution in [3.05, 3.63) is 34.3 Å². The fourth-order valence-corrected chi connectivity index (χ4v) is 2.44. The van der Waals surface area contributed by atoms with Crippen molar-refractivity contribution in [3.63, 3.8) is 0 Å². The van der Waals surface area contributed by atoms with E-state index in [9.17, 15) is 4.79 Å². The zero-order chi connectivity index (χ0) is 12.0. The average Bonchev–Trinajstić information content (AvgIpc) is 3.07. The Kier molecular flexibility index (Phi) is 2.43. The van der Waals surface area contributed by atoms with Crippen molar-refractivity contribution in [2.75, 3.05) is 0 Å². The van der Waals surface area contributed by atoms with Crippen LogP contribution in [-0.4, -0.2) is 22.8 Å². The Balaban J connectivity index is 1.96. The molecule has 3 rings (SSSR count). The maximum absolute atomic E-state index is 11.8. The van der Waals surface area contributed by atoms with E-state index in [1.165, 1.54) is 0 Å². The molecule has 0 bridgehead atoms. The Morgan fingerprint density at radius 3 is 2.53 bits per heavy atom. The molecule has 1 heterocycles. The monoisotopic (exact) mass is 293 g/mol. The van der Waals surface area contributed by atoms with Crippen molar-refractivity contribution >= 4 is 27.8 Å². The number of benzene rings is 1. The first kappa shape index (κ1) is 10.8. The van der Waals surface area contributed by atoms with Crippen LogP contribution in [0.4, 0.5) is 4.79 Å². The summed E-state index contributed by atoms with van der Waals surface area (Å²) in [5.41, 5.74) is 6.89. The highest BCUT2D eigenvalue weighted by atomic mass is 79.9. The first-order chi connectivity index (χ1) is 8.16. The Morgan fingerprint density at radius 2 is 1.94 bits per heavy atom. The van der Waals surface area contributed by atoms with Crippen molar-refractivity contribution in [2.45, 2.75) is 24.9 Å². The third-order valence-corrected chi connectivity index (χ3v) is 3.66. The molecule has 5 heteroatoms. The van der Waals surface area contributed by atoms with Crippen LogP contribution in [0.15, 0.2) is 33.7 Å². The molecule has 1 aromatic rings. The van der Waals surface area contributed by atoms with Gasteiger partial charge >= 0.3 is 6.03 Å². The summed E-state index contributed by atoms with van der Waals surface area (Å²) in [7, 11) is 0. The molecule has 1 aliphatic carbocycles. The number of amides is 2. The maximum atomic E-state index is 11.8. The van der Waals surface area contributed by atoms with Crippen LogP contribution < -0.4 is 5.73 Å². The van der Waals surface area contributed by atoms with Crippen LogP contribution in [-0.2, 0) is 0 Å². The number of hydrogen-bond donors (Lipinski definition) is 1. The van der Waals surface area contributed by atoms with Gasteiger partial charge in [0, 0.05) is 10.5 Å². The van der Waals surface area contributed by atoms with E-state index in [2.05, 4.69) is 20.9 Å². The van der Waals surface area contributed by atoms with Gasteiger partial charge in [0.2, 0.25) is 0 Å². The minimum atomic E-state index is -0.196. The quantitative estimate of drug-likeness (QED) is 0.910. The van der Waals surface area contributed by atoms with Gasteiger partial charge in [-0.1, -0.05) is 28.1 Å². The lowest BCUT2D eigenvalue weighted by Crippen LogP contribution is -2.34. The van der Waals surface area contributed by atoms with Gasteiger partial charge in [-0.25, -0.2) is 4.79 Å². The van der Waals surface area contributed by atoms with Crippen LogP contribution in [0.2, 0.25) is 0 Å². The van der Waals surface area contributed by atoms with Crippen molar-refractivity contribution < 1.29 is 4.79 Å². The molecule has 0 spiro atoms. The van der Waals surface area contributed by atoms with E-state index in [1.807, 2.05) is 24.3 Å². The molecular weight excluding hydrogens is 282 g/mol. The number of amidine groups is 1. The van der Waals surface area contributed by atoms with E-state index in [4.69, 9.17) is 5.73 Å². The van der Waals surface area contributed by atoms with Gasteiger partial charge in [-0.05, 0) is 30.5 Å². The van der Waals surface area contributed by atoms with E-state index in [0.29, 0.717) is 11.9 Å². The highest BCUT2D eigenvalue weighted by Crippen LogP contribution is 2.38. The number of hydrogen-bond acceptors (Lipinski definition) is 2. The van der Waals surface area contributed by atoms with Crippen molar-refractivity contribution in [2.24, 2.45) is 10.7 Å². The van der Waals surface area contributed by atoms with Gasteiger partial charge in [0.25, 0.3) is 0 Å². The fourth-order valence-electron chi connectivity index (χ4n) is 2.18. The van der Waals surface area contributed by atoms with Crippen LogP contribution in [0.5, 0.6) is 0 Å². The Bertz CT molecular complexity index is 493. The standard InChI is InChI=1S/C12H12BrN3O/c13-8-3-1-7(2-4-8)10-11(14)15-12(17)16(10)9-5-6-9/h1-4,9-10H,5-6H2,(H2,14,15,17). The van der Waals surface area contributed by atoms with Crippen molar-refractivity contribution in [3.8, 4) is 0 Å². The molecule has 2 amide bonds. The molecule has 2 aliphatic rings. The normalized spacial score (nSPS) is 24.1. The van der Waals surface area contributed by atoms with E-state index in [0.717, 1.165) is 22.9 Å². The number of nitrogens with two attached hydrogens (primary N) is 1. The molecule has 88 valence electrons. The molecule has 1 atom stereocenters. The minimum Gasteiger partial charge on any atom is -0.385 e. The Hall–Kier alpha value is -1.36. The summed E-state index contributed by atoms with van der Waals surface area (Å²) >= 11 is 3.40. The second kappa shape index (κ2) is 3.84. The Labute approximate surface area is 108 Å². The van der Waals surface area contributed by atoms with Gasteiger partial charge in [-0.2, -0.15) is 4.99 Å². The number of halogens is 1. The minimum absolute atomic E-state index is 0.178. The number of carbonyl (C=O) groups excluding carboxylic acids is 1. The van der Waals surface area contributed by atoms with Crippen LogP contribution in [0.3, 0.4) is 0 Å². The SMILES string of the molecule is NC1=NC(=O)N(C2CC2)C1c1ccc(Br)cc1. The lowest BCUT2D eigenvalue weighted by atomic mass is 10.1. The summed E-state index contributed by atoms with van der Waals surface area (Å²) in [6.45, 7) is 0. The average molecular weight is 294 g/mol. The second-order valence-electron chi connectivity index (χ2n) is 4.41. The molecule has 1 unspecified atom stereocenters. The summed E-state index contributed by atoms with van der Waals surface area (Å²) in [6.07, 6.45) is 2.11. The fraction of sp³-hybridized carbons (Fsp3) is 0.333. The van der Waals surface area contributed by atoms with E-state index in [-0.39, 0.29) is 12.1 Å². The summed E-state index contributed by atoms with van der Waals surface area (Å²) in [4.78, 5) is 17.5. The van der Waals surface area contributed by atoms with Gasteiger partial charge in [0.05, 0.1) is 0 Å². The number of carbonyl (C=O) groups is 1. The summed E-state index contributed by atoms with van der Waals surface area (Å²) in [5, 5.41) is 0. The first-order valence-electron chi connectivity index (χ1n) is 5.58. The number of aliphatic imine (C=N–C) groups is 1. The summed E-state index contributed by atoms with van der Waals surface area (Å²) in [6, 6.07) is 7.81. The molecule has 0 aromatic heterocycles. The van der Waals surface area contributed by atoms with Crippen LogP contribution in [0, 0.1) is 0 Å². The number of urea groups is 1. The Morgan fingerprint density at radius 1 is 1.29 bits per heavy atom. The molecular formula is C12H12BrN3O. The smallest absolute Gasteiger partial charge is 0.346 e. The highest BCUT2D eigenvalue weighted by Gasteiger charge is 2.43. The molecule has 1 saturated carbocycles. The van der Waals surface area contributed by atoms with Crippen LogP contribution >= 0.6 is 15.9 Å². The van der Waals surface area contributed by atoms with Gasteiger partial charge in [-0.15, -0.1) is 0 Å². The van der Waals surface area contributed by atoms with Gasteiger partial charge in [-0.3, -0.25) is 0 Å². The zero-order valence-corrected chi connectivity index (χ0v) is 10.7. The molecule has 4 nitrogen and oxygen atoms in total. The summed E-state index contributed by atoms with van der Waals surface area (Å²) in [5.74, 6) is 0.407. The predicted octanol–water partition coefficient (Wildman–Crippen LogP) is 2.45. The molecule has 1 aromatic carbocycles. The van der Waals surface area contributed by atoms with Crippen molar-refractivity contribution in [1.82, 2.24) is 4.90 Å². The first-order valence-corrected chi connectivity index (χ1v) is 6.38. The predicted molar refractivity (Wildman–Crippen MR) is 68.8 cm³/mol. The number of rotatable bonds is 2. The molecule has 17 heavy (non-hydrogen) atoms. The topological polar surface area (TPSA) is 58.7 Å². The summed E-state index contributed by atoms with van der Waals surface area (Å²) < 4.78 is 1.01. The van der Waals surface area contributed by atoms with Gasteiger partial charge in [0.1, 0.15) is 11.9 Å². The lowest BCUT2D eigenvalue weighted by molar-refractivity contribution is 0.203.